The summed E-state index contributed by atoms with van der Waals surface area (Å²) in [5.74, 6) is -1.50. The highest BCUT2D eigenvalue weighted by atomic mass is 32.2. The highest BCUT2D eigenvalue weighted by Crippen LogP contribution is 2.26. The van der Waals surface area contributed by atoms with Crippen molar-refractivity contribution in [3.8, 4) is 0 Å². The van der Waals surface area contributed by atoms with Gasteiger partial charge >= 0.3 is 5.97 Å². The van der Waals surface area contributed by atoms with E-state index in [1.54, 1.807) is 30.5 Å². The number of aliphatic carboxylic acids is 1. The fourth-order valence-corrected chi connectivity index (χ4v) is 3.57. The van der Waals surface area contributed by atoms with Gasteiger partial charge in [0.1, 0.15) is 0 Å². The van der Waals surface area contributed by atoms with Crippen LogP contribution < -0.4 is 10.6 Å². The fourth-order valence-electron chi connectivity index (χ4n) is 2.70. The van der Waals surface area contributed by atoms with Crippen LogP contribution in [-0.4, -0.2) is 33.1 Å². The Bertz CT molecular complexity index is 1070. The van der Waals surface area contributed by atoms with Gasteiger partial charge in [-0.15, -0.1) is 11.8 Å². The number of hydrogen-bond acceptors (Lipinski definition) is 5. The van der Waals surface area contributed by atoms with Crippen molar-refractivity contribution >= 4 is 51.8 Å². The summed E-state index contributed by atoms with van der Waals surface area (Å²) < 4.78 is 0. The number of hydrogen-bond donors (Lipinski definition) is 3. The highest BCUT2D eigenvalue weighted by Gasteiger charge is 2.15. The van der Waals surface area contributed by atoms with E-state index in [4.69, 9.17) is 5.11 Å². The molecular weight excluding hydrogens is 402 g/mol. The molecule has 154 valence electrons. The number of carboxylic acid groups (broad SMARTS) is 1. The Kier molecular flexibility index (Phi) is 7.03. The lowest BCUT2D eigenvalue weighted by molar-refractivity contribution is -0.138. The number of fused-ring (bicyclic) bond motifs is 1. The highest BCUT2D eigenvalue weighted by molar-refractivity contribution is 8.00. The molecule has 0 spiro atoms. The van der Waals surface area contributed by atoms with Gasteiger partial charge in [-0.2, -0.15) is 0 Å². The summed E-state index contributed by atoms with van der Waals surface area (Å²) in [7, 11) is 0. The average Bonchev–Trinajstić information content (AvgIpc) is 2.73. The first-order valence-electron chi connectivity index (χ1n) is 9.35. The number of aromatic nitrogens is 1. The maximum Gasteiger partial charge on any atom is 0.303 e. The summed E-state index contributed by atoms with van der Waals surface area (Å²) in [5.41, 5.74) is 2.09. The first-order chi connectivity index (χ1) is 14.4. The van der Waals surface area contributed by atoms with Crippen molar-refractivity contribution in [1.82, 2.24) is 4.98 Å². The Morgan fingerprint density at radius 2 is 1.73 bits per heavy atom. The molecule has 7 nitrogen and oxygen atoms in total. The molecule has 3 aromatic rings. The standard InChI is InChI=1S/C22H21N3O4S/c1-14(22(29)25-17-12-15-4-2-3-5-19(15)23-13-17)30-18-8-6-16(7-9-18)24-20(26)10-11-21(27)28/h2-9,12-14H,10-11H2,1H3,(H,24,26)(H,25,29)(H,27,28). The third-order valence-corrected chi connectivity index (χ3v) is 5.36. The van der Waals surface area contributed by atoms with Crippen molar-refractivity contribution in [2.45, 2.75) is 29.9 Å². The molecule has 8 heteroatoms. The van der Waals surface area contributed by atoms with Crippen LogP contribution in [-0.2, 0) is 14.4 Å². The van der Waals surface area contributed by atoms with E-state index in [0.29, 0.717) is 11.4 Å². The van der Waals surface area contributed by atoms with Crippen molar-refractivity contribution in [3.63, 3.8) is 0 Å². The van der Waals surface area contributed by atoms with Crippen LogP contribution >= 0.6 is 11.8 Å². The predicted octanol–water partition coefficient (Wildman–Crippen LogP) is 4.16. The number of para-hydroxylation sites is 1. The first kappa shape index (κ1) is 21.3. The fraction of sp³-hybridized carbons (Fsp3) is 0.182. The quantitative estimate of drug-likeness (QED) is 0.470. The summed E-state index contributed by atoms with van der Waals surface area (Å²) in [6, 6.07) is 16.6. The number of benzene rings is 2. The summed E-state index contributed by atoms with van der Waals surface area (Å²) in [6.45, 7) is 1.82. The summed E-state index contributed by atoms with van der Waals surface area (Å²) in [6.07, 6.45) is 1.35. The monoisotopic (exact) mass is 423 g/mol. The number of anilines is 2. The number of carbonyl (C=O) groups excluding carboxylic acids is 2. The van der Waals surface area contributed by atoms with E-state index in [0.717, 1.165) is 15.8 Å². The summed E-state index contributed by atoms with van der Waals surface area (Å²) >= 11 is 1.39. The molecular formula is C22H21N3O4S. The molecule has 2 amide bonds. The lowest BCUT2D eigenvalue weighted by Crippen LogP contribution is -2.22. The molecule has 30 heavy (non-hydrogen) atoms. The van der Waals surface area contributed by atoms with E-state index in [9.17, 15) is 14.4 Å². The van der Waals surface area contributed by atoms with Gasteiger partial charge in [-0.1, -0.05) is 18.2 Å². The first-order valence-corrected chi connectivity index (χ1v) is 10.2. The largest absolute Gasteiger partial charge is 0.481 e. The number of nitrogens with one attached hydrogen (secondary N) is 2. The smallest absolute Gasteiger partial charge is 0.303 e. The molecule has 0 bridgehead atoms. The van der Waals surface area contributed by atoms with Crippen molar-refractivity contribution < 1.29 is 19.5 Å². The molecule has 0 aliphatic heterocycles. The molecule has 1 heterocycles. The van der Waals surface area contributed by atoms with E-state index in [1.807, 2.05) is 37.3 Å². The van der Waals surface area contributed by atoms with Crippen LogP contribution in [0.1, 0.15) is 19.8 Å². The number of amides is 2. The van der Waals surface area contributed by atoms with Crippen molar-refractivity contribution in [2.75, 3.05) is 10.6 Å². The number of pyridine rings is 1. The van der Waals surface area contributed by atoms with Crippen LogP contribution in [0.5, 0.6) is 0 Å². The van der Waals surface area contributed by atoms with Crippen LogP contribution in [0.25, 0.3) is 10.9 Å². The Balaban J connectivity index is 1.54. The third-order valence-electron chi connectivity index (χ3n) is 4.24. The zero-order chi connectivity index (χ0) is 21.5. The number of nitrogens with zero attached hydrogens (tertiary/aromatic N) is 1. The second-order valence-corrected chi connectivity index (χ2v) is 8.05. The van der Waals surface area contributed by atoms with E-state index in [1.165, 1.54) is 11.8 Å². The molecule has 0 radical (unpaired) electrons. The van der Waals surface area contributed by atoms with Gasteiger partial charge < -0.3 is 15.7 Å². The lowest BCUT2D eigenvalue weighted by atomic mass is 10.2. The molecule has 2 aromatic carbocycles. The van der Waals surface area contributed by atoms with Crippen LogP contribution in [0.15, 0.2) is 65.7 Å². The number of carboxylic acids is 1. The van der Waals surface area contributed by atoms with Gasteiger partial charge in [0.2, 0.25) is 11.8 Å². The van der Waals surface area contributed by atoms with Gasteiger partial charge in [0.25, 0.3) is 0 Å². The minimum Gasteiger partial charge on any atom is -0.481 e. The molecule has 0 aliphatic carbocycles. The Morgan fingerprint density at radius 3 is 2.47 bits per heavy atom. The molecule has 1 aromatic heterocycles. The van der Waals surface area contributed by atoms with Gasteiger partial charge in [-0.3, -0.25) is 19.4 Å². The average molecular weight is 423 g/mol. The molecule has 0 fully saturated rings. The predicted molar refractivity (Wildman–Crippen MR) is 118 cm³/mol. The summed E-state index contributed by atoms with van der Waals surface area (Å²) in [5, 5.41) is 14.8. The third kappa shape index (κ3) is 6.05. The Morgan fingerprint density at radius 1 is 1.00 bits per heavy atom. The number of carbonyl (C=O) groups is 3. The van der Waals surface area contributed by atoms with Crippen LogP contribution in [0, 0.1) is 0 Å². The van der Waals surface area contributed by atoms with Crippen LogP contribution in [0.4, 0.5) is 11.4 Å². The Labute approximate surface area is 177 Å². The normalized spacial score (nSPS) is 11.6. The molecule has 0 saturated heterocycles. The van der Waals surface area contributed by atoms with E-state index >= 15 is 0 Å². The van der Waals surface area contributed by atoms with E-state index in [2.05, 4.69) is 15.6 Å². The molecule has 0 saturated carbocycles. The van der Waals surface area contributed by atoms with Gasteiger partial charge in [-0.25, -0.2) is 0 Å². The number of thioether (sulfide) groups is 1. The zero-order valence-corrected chi connectivity index (χ0v) is 17.1. The maximum atomic E-state index is 12.5. The summed E-state index contributed by atoms with van der Waals surface area (Å²) in [4.78, 5) is 39.9. The second-order valence-electron chi connectivity index (χ2n) is 6.63. The van der Waals surface area contributed by atoms with Gasteiger partial charge in [0, 0.05) is 22.4 Å². The van der Waals surface area contributed by atoms with Crippen molar-refractivity contribution in [3.05, 3.63) is 60.8 Å². The number of rotatable bonds is 8. The molecule has 3 rings (SSSR count). The van der Waals surface area contributed by atoms with E-state index in [-0.39, 0.29) is 29.9 Å². The Hall–Kier alpha value is -3.39. The molecule has 0 aliphatic rings. The van der Waals surface area contributed by atoms with Crippen molar-refractivity contribution in [1.29, 1.82) is 0 Å². The van der Waals surface area contributed by atoms with E-state index < -0.39 is 5.97 Å². The van der Waals surface area contributed by atoms with Crippen LogP contribution in [0.2, 0.25) is 0 Å². The van der Waals surface area contributed by atoms with Gasteiger partial charge in [-0.05, 0) is 43.3 Å². The molecule has 1 unspecified atom stereocenters. The van der Waals surface area contributed by atoms with Gasteiger partial charge in [0.05, 0.1) is 29.1 Å². The second kappa shape index (κ2) is 9.89. The minimum atomic E-state index is -1.01. The topological polar surface area (TPSA) is 108 Å². The lowest BCUT2D eigenvalue weighted by Gasteiger charge is -2.13. The zero-order valence-electron chi connectivity index (χ0n) is 16.3. The molecule has 3 N–H and O–H groups in total. The van der Waals surface area contributed by atoms with Crippen LogP contribution in [0.3, 0.4) is 0 Å². The maximum absolute atomic E-state index is 12.5. The van der Waals surface area contributed by atoms with Crippen molar-refractivity contribution in [2.24, 2.45) is 0 Å². The SMILES string of the molecule is CC(Sc1ccc(NC(=O)CCC(=O)O)cc1)C(=O)Nc1cnc2ccccc2c1. The minimum absolute atomic E-state index is 0.0767. The van der Waals surface area contributed by atoms with Gasteiger partial charge in [0.15, 0.2) is 0 Å². The molecule has 1 atom stereocenters.